The van der Waals surface area contributed by atoms with Gasteiger partial charge in [0.1, 0.15) is 35.0 Å². The van der Waals surface area contributed by atoms with Crippen LogP contribution in [0.25, 0.3) is 0 Å². The molecule has 1 saturated carbocycles. The molecule has 1 amide bonds. The zero-order valence-corrected chi connectivity index (χ0v) is 16.0. The maximum atomic E-state index is 14.2. The highest BCUT2D eigenvalue weighted by Crippen LogP contribution is 2.64. The summed E-state index contributed by atoms with van der Waals surface area (Å²) in [5.41, 5.74) is 1.78. The number of carbonyl (C=O) groups is 1. The van der Waals surface area contributed by atoms with E-state index in [2.05, 4.69) is 10.3 Å². The molecule has 0 radical (unpaired) electrons. The average molecular weight is 424 g/mol. The number of carbonyl (C=O) groups excluding carboxylic acids is 1. The first kappa shape index (κ1) is 18.2. The molecule has 3 aliphatic rings. The molecule has 2 aliphatic heterocycles. The van der Waals surface area contributed by atoms with Crippen molar-refractivity contribution < 1.29 is 27.4 Å². The van der Waals surface area contributed by atoms with Crippen molar-refractivity contribution in [1.29, 1.82) is 0 Å². The number of ether oxygens (including phenoxy) is 2. The lowest BCUT2D eigenvalue weighted by molar-refractivity contribution is -0.116. The predicted molar refractivity (Wildman–Crippen MR) is 104 cm³/mol. The summed E-state index contributed by atoms with van der Waals surface area (Å²) in [6.07, 6.45) is 2.14. The number of rotatable bonds is 3. The van der Waals surface area contributed by atoms with Crippen molar-refractivity contribution in [2.75, 3.05) is 5.32 Å². The fourth-order valence-electron chi connectivity index (χ4n) is 4.55. The van der Waals surface area contributed by atoms with Gasteiger partial charge in [-0.15, -0.1) is 0 Å². The number of fused-ring (bicyclic) bond motifs is 4. The van der Waals surface area contributed by atoms with Crippen LogP contribution in [0.5, 0.6) is 17.2 Å². The molecule has 1 fully saturated rings. The number of nitrogens with one attached hydrogen (secondary N) is 1. The molecule has 0 bridgehead atoms. The van der Waals surface area contributed by atoms with E-state index in [1.807, 2.05) is 6.07 Å². The Balaban J connectivity index is 1.29. The molecule has 3 atom stereocenters. The highest BCUT2D eigenvalue weighted by Gasteiger charge is 2.60. The van der Waals surface area contributed by atoms with Crippen molar-refractivity contribution in [2.45, 2.75) is 30.8 Å². The van der Waals surface area contributed by atoms with Gasteiger partial charge in [0.25, 0.3) is 0 Å². The molecule has 0 unspecified atom stereocenters. The van der Waals surface area contributed by atoms with Crippen LogP contribution in [0.15, 0.2) is 42.6 Å². The lowest BCUT2D eigenvalue weighted by Gasteiger charge is -2.19. The highest BCUT2D eigenvalue weighted by atomic mass is 19.2. The van der Waals surface area contributed by atoms with Gasteiger partial charge in [0.05, 0.1) is 0 Å². The van der Waals surface area contributed by atoms with Crippen molar-refractivity contribution in [3.63, 3.8) is 0 Å². The molecule has 8 heteroatoms. The Bertz CT molecular complexity index is 1260. The first-order valence-corrected chi connectivity index (χ1v) is 9.90. The predicted octanol–water partition coefficient (Wildman–Crippen LogP) is 4.82. The Morgan fingerprint density at radius 3 is 2.65 bits per heavy atom. The number of halogens is 3. The normalized spacial score (nSPS) is 22.7. The summed E-state index contributed by atoms with van der Waals surface area (Å²) in [4.78, 5) is 15.8. The minimum Gasteiger partial charge on any atom is -0.489 e. The fraction of sp³-hybridized carbons (Fsp3) is 0.217. The molecule has 1 aromatic heterocycles. The van der Waals surface area contributed by atoms with E-state index in [0.29, 0.717) is 42.0 Å². The molecule has 0 saturated heterocycles. The van der Waals surface area contributed by atoms with E-state index in [4.69, 9.17) is 9.47 Å². The van der Waals surface area contributed by atoms with Gasteiger partial charge in [-0.3, -0.25) is 4.79 Å². The number of nitrogens with zero attached hydrogens (tertiary/aromatic N) is 1. The van der Waals surface area contributed by atoms with Crippen LogP contribution >= 0.6 is 0 Å². The molecule has 3 aromatic rings. The van der Waals surface area contributed by atoms with Gasteiger partial charge < -0.3 is 14.8 Å². The van der Waals surface area contributed by atoms with Crippen LogP contribution in [-0.4, -0.2) is 17.0 Å². The molecule has 1 N–H and O–H groups in total. The van der Waals surface area contributed by atoms with Crippen LogP contribution in [0.2, 0.25) is 0 Å². The Labute approximate surface area is 174 Å². The molecular formula is C23H15F3N2O3. The van der Waals surface area contributed by atoms with Crippen molar-refractivity contribution in [2.24, 2.45) is 0 Å². The molecule has 2 aromatic carbocycles. The standard InChI is InChI=1S/C23H15F3N2O3/c24-14-9-16(26)15(25)8-12(14)20-21-13-7-10(1-3-17(13)31-22(20)21)30-18-5-6-27-23-11(18)2-4-19(29)28-23/h1,3,5-9,20-22H,2,4H2,(H,27,28,29)/t20-,21-,22-/m1/s1. The van der Waals surface area contributed by atoms with Crippen LogP contribution in [0.3, 0.4) is 0 Å². The largest absolute Gasteiger partial charge is 0.489 e. The van der Waals surface area contributed by atoms with Gasteiger partial charge in [-0.2, -0.15) is 0 Å². The van der Waals surface area contributed by atoms with E-state index in [-0.39, 0.29) is 29.4 Å². The number of anilines is 1. The van der Waals surface area contributed by atoms with Gasteiger partial charge in [0.2, 0.25) is 5.91 Å². The van der Waals surface area contributed by atoms with Gasteiger partial charge in [-0.25, -0.2) is 18.2 Å². The van der Waals surface area contributed by atoms with E-state index in [0.717, 1.165) is 17.2 Å². The van der Waals surface area contributed by atoms with Crippen LogP contribution in [0.4, 0.5) is 19.0 Å². The molecule has 156 valence electrons. The zero-order chi connectivity index (χ0) is 21.3. The zero-order valence-electron chi connectivity index (χ0n) is 16.0. The molecule has 31 heavy (non-hydrogen) atoms. The molecule has 6 rings (SSSR count). The van der Waals surface area contributed by atoms with Gasteiger partial charge >= 0.3 is 0 Å². The molecule has 1 aliphatic carbocycles. The summed E-state index contributed by atoms with van der Waals surface area (Å²) in [7, 11) is 0. The first-order chi connectivity index (χ1) is 15.0. The molecule has 3 heterocycles. The summed E-state index contributed by atoms with van der Waals surface area (Å²) in [5, 5.41) is 2.74. The Kier molecular flexibility index (Phi) is 3.81. The minimum absolute atomic E-state index is 0.0814. The van der Waals surface area contributed by atoms with Gasteiger partial charge in [-0.05, 0) is 42.3 Å². The van der Waals surface area contributed by atoms with Crippen LogP contribution < -0.4 is 14.8 Å². The second-order valence-electron chi connectivity index (χ2n) is 7.91. The number of benzene rings is 2. The van der Waals surface area contributed by atoms with Gasteiger partial charge in [0, 0.05) is 41.6 Å². The lowest BCUT2D eigenvalue weighted by atomic mass is 10.0. The van der Waals surface area contributed by atoms with Gasteiger partial charge in [0.15, 0.2) is 11.6 Å². The third-order valence-corrected chi connectivity index (χ3v) is 6.06. The highest BCUT2D eigenvalue weighted by molar-refractivity contribution is 5.93. The number of pyridine rings is 1. The van der Waals surface area contributed by atoms with Crippen molar-refractivity contribution >= 4 is 11.7 Å². The smallest absolute Gasteiger partial charge is 0.225 e. The second-order valence-corrected chi connectivity index (χ2v) is 7.91. The quantitative estimate of drug-likeness (QED) is 0.613. The van der Waals surface area contributed by atoms with E-state index >= 15 is 0 Å². The van der Waals surface area contributed by atoms with E-state index < -0.39 is 17.5 Å². The fourth-order valence-corrected chi connectivity index (χ4v) is 4.55. The first-order valence-electron chi connectivity index (χ1n) is 9.90. The topological polar surface area (TPSA) is 60.5 Å². The maximum absolute atomic E-state index is 14.2. The lowest BCUT2D eigenvalue weighted by Crippen LogP contribution is -2.20. The van der Waals surface area contributed by atoms with Crippen molar-refractivity contribution in [1.82, 2.24) is 4.98 Å². The molecule has 5 nitrogen and oxygen atoms in total. The van der Waals surface area contributed by atoms with Crippen LogP contribution in [0, 0.1) is 17.5 Å². The Morgan fingerprint density at radius 2 is 1.77 bits per heavy atom. The SMILES string of the molecule is O=C1CCc2c(Oc3ccc4c(c3)[C@H]3[C@H](O4)[C@@H]3c3cc(F)c(F)cc3F)ccnc2N1. The van der Waals surface area contributed by atoms with E-state index in [1.54, 1.807) is 24.4 Å². The molecular weight excluding hydrogens is 409 g/mol. The third-order valence-electron chi connectivity index (χ3n) is 6.06. The maximum Gasteiger partial charge on any atom is 0.225 e. The Morgan fingerprint density at radius 1 is 0.968 bits per heavy atom. The van der Waals surface area contributed by atoms with Crippen LogP contribution in [-0.2, 0) is 11.2 Å². The second kappa shape index (κ2) is 6.47. The number of amides is 1. The number of hydrogen-bond acceptors (Lipinski definition) is 4. The summed E-state index contributed by atoms with van der Waals surface area (Å²) >= 11 is 0. The summed E-state index contributed by atoms with van der Waals surface area (Å²) in [5.74, 6) is -1.34. The van der Waals surface area contributed by atoms with Crippen molar-refractivity contribution in [3.8, 4) is 17.2 Å². The van der Waals surface area contributed by atoms with Crippen LogP contribution in [0.1, 0.15) is 34.9 Å². The number of hydrogen-bond donors (Lipinski definition) is 1. The summed E-state index contributed by atoms with van der Waals surface area (Å²) < 4.78 is 53.1. The average Bonchev–Trinajstić information content (AvgIpc) is 3.32. The summed E-state index contributed by atoms with van der Waals surface area (Å²) in [6, 6.07) is 8.60. The molecule has 0 spiro atoms. The minimum atomic E-state index is -1.21. The monoisotopic (exact) mass is 424 g/mol. The van der Waals surface area contributed by atoms with E-state index in [9.17, 15) is 18.0 Å². The third kappa shape index (κ3) is 2.85. The van der Waals surface area contributed by atoms with Crippen molar-refractivity contribution in [3.05, 3.63) is 76.7 Å². The van der Waals surface area contributed by atoms with Gasteiger partial charge in [-0.1, -0.05) is 0 Å². The van der Waals surface area contributed by atoms with E-state index in [1.165, 1.54) is 0 Å². The Hall–Kier alpha value is -3.55. The number of aromatic nitrogens is 1. The summed E-state index contributed by atoms with van der Waals surface area (Å²) in [6.45, 7) is 0.